The second-order valence-electron chi connectivity index (χ2n) is 4.40. The lowest BCUT2D eigenvalue weighted by Crippen LogP contribution is -2.16. The third-order valence-electron chi connectivity index (χ3n) is 3.23. The number of fused-ring (bicyclic) bond motifs is 3. The average molecular weight is 290 g/mol. The highest BCUT2D eigenvalue weighted by molar-refractivity contribution is 6.30. The van der Waals surface area contributed by atoms with Gasteiger partial charge in [-0.2, -0.15) is 0 Å². The van der Waals surface area contributed by atoms with Gasteiger partial charge in [0.05, 0.1) is 11.3 Å². The van der Waals surface area contributed by atoms with Crippen LogP contribution in [-0.2, 0) is 4.79 Å². The van der Waals surface area contributed by atoms with E-state index >= 15 is 0 Å². The summed E-state index contributed by atoms with van der Waals surface area (Å²) >= 11 is 5.41. The Morgan fingerprint density at radius 2 is 1.80 bits per heavy atom. The Labute approximate surface area is 119 Å². The van der Waals surface area contributed by atoms with Crippen LogP contribution in [0.3, 0.4) is 0 Å². The predicted molar refractivity (Wildman–Crippen MR) is 74.6 cm³/mol. The molecule has 0 heterocycles. The fourth-order valence-electron chi connectivity index (χ4n) is 2.38. The van der Waals surface area contributed by atoms with Crippen LogP contribution in [0.15, 0.2) is 36.4 Å². The van der Waals surface area contributed by atoms with Crippen LogP contribution in [0.25, 0.3) is 11.1 Å². The molecule has 1 N–H and O–H groups in total. The number of anilines is 1. The summed E-state index contributed by atoms with van der Waals surface area (Å²) in [5, 5.41) is 2.36. The number of amides is 1. The Morgan fingerprint density at radius 3 is 2.50 bits per heavy atom. The van der Waals surface area contributed by atoms with Crippen LogP contribution in [0.4, 0.5) is 10.1 Å². The summed E-state index contributed by atoms with van der Waals surface area (Å²) in [6, 6.07) is 9.81. The van der Waals surface area contributed by atoms with E-state index < -0.39 is 11.7 Å². The normalized spacial score (nSPS) is 12.0. The van der Waals surface area contributed by atoms with Crippen molar-refractivity contribution in [2.45, 2.75) is 0 Å². The van der Waals surface area contributed by atoms with Gasteiger partial charge in [0.25, 0.3) is 0 Å². The number of halogens is 2. The van der Waals surface area contributed by atoms with E-state index in [9.17, 15) is 14.0 Å². The number of carbonyl (C=O) groups excluding carboxylic acids is 2. The van der Waals surface area contributed by atoms with Crippen molar-refractivity contribution in [3.8, 4) is 11.1 Å². The van der Waals surface area contributed by atoms with E-state index in [1.807, 2.05) is 6.07 Å². The van der Waals surface area contributed by atoms with Gasteiger partial charge in [-0.25, -0.2) is 4.39 Å². The van der Waals surface area contributed by atoms with Gasteiger partial charge in [-0.1, -0.05) is 30.3 Å². The van der Waals surface area contributed by atoms with E-state index in [1.54, 1.807) is 24.3 Å². The maximum Gasteiger partial charge on any atom is 0.239 e. The molecule has 0 unspecified atom stereocenters. The fourth-order valence-corrected chi connectivity index (χ4v) is 2.45. The summed E-state index contributed by atoms with van der Waals surface area (Å²) in [6.45, 7) is 0. The van der Waals surface area contributed by atoms with E-state index in [0.29, 0.717) is 11.1 Å². The molecule has 3 rings (SSSR count). The summed E-state index contributed by atoms with van der Waals surface area (Å²) in [6.07, 6.45) is 0. The summed E-state index contributed by atoms with van der Waals surface area (Å²) in [5.41, 5.74) is 1.96. The topological polar surface area (TPSA) is 46.2 Å². The highest BCUT2D eigenvalue weighted by Crippen LogP contribution is 2.41. The zero-order valence-electron chi connectivity index (χ0n) is 10.2. The lowest BCUT2D eigenvalue weighted by Gasteiger charge is -2.09. The highest BCUT2D eigenvalue weighted by Gasteiger charge is 2.31. The molecule has 0 radical (unpaired) electrons. The largest absolute Gasteiger partial charge is 0.322 e. The average Bonchev–Trinajstić information content (AvgIpc) is 2.76. The van der Waals surface area contributed by atoms with Gasteiger partial charge in [0.2, 0.25) is 5.91 Å². The first-order chi connectivity index (χ1) is 9.63. The van der Waals surface area contributed by atoms with Crippen molar-refractivity contribution in [2.24, 2.45) is 0 Å². The molecule has 1 amide bonds. The number of ketones is 1. The summed E-state index contributed by atoms with van der Waals surface area (Å²) in [5.74, 6) is -1.80. The predicted octanol–water partition coefficient (Wildman–Crippen LogP) is 3.21. The number of nitrogens with one attached hydrogen (secondary N) is 1. The van der Waals surface area contributed by atoms with E-state index in [-0.39, 0.29) is 22.9 Å². The zero-order chi connectivity index (χ0) is 14.3. The zero-order valence-corrected chi connectivity index (χ0v) is 11.0. The minimum absolute atomic E-state index is 0.102. The Hall–Kier alpha value is -2.20. The number of hydrogen-bond donors (Lipinski definition) is 1. The van der Waals surface area contributed by atoms with Gasteiger partial charge in [-0.15, -0.1) is 11.6 Å². The second-order valence-corrected chi connectivity index (χ2v) is 4.67. The molecule has 1 aliphatic rings. The van der Waals surface area contributed by atoms with Gasteiger partial charge < -0.3 is 5.32 Å². The number of hydrogen-bond acceptors (Lipinski definition) is 2. The molecule has 0 aromatic heterocycles. The minimum atomic E-state index is -0.650. The molecule has 2 aromatic carbocycles. The van der Waals surface area contributed by atoms with Gasteiger partial charge in [0.1, 0.15) is 11.7 Å². The molecule has 0 bridgehead atoms. The van der Waals surface area contributed by atoms with Crippen LogP contribution >= 0.6 is 11.6 Å². The van der Waals surface area contributed by atoms with Crippen LogP contribution < -0.4 is 5.32 Å². The van der Waals surface area contributed by atoms with Crippen LogP contribution in [0.5, 0.6) is 0 Å². The Kier molecular flexibility index (Phi) is 3.03. The number of rotatable bonds is 2. The monoisotopic (exact) mass is 289 g/mol. The Morgan fingerprint density at radius 1 is 1.10 bits per heavy atom. The first-order valence-corrected chi connectivity index (χ1v) is 6.49. The third-order valence-corrected chi connectivity index (χ3v) is 3.47. The van der Waals surface area contributed by atoms with E-state index in [0.717, 1.165) is 5.56 Å². The van der Waals surface area contributed by atoms with Gasteiger partial charge in [-0.05, 0) is 17.2 Å². The molecule has 3 nitrogen and oxygen atoms in total. The van der Waals surface area contributed by atoms with Crippen LogP contribution in [0.2, 0.25) is 0 Å². The fraction of sp³-hybridized carbons (Fsp3) is 0.0667. The summed E-state index contributed by atoms with van der Waals surface area (Å²) < 4.78 is 13.9. The van der Waals surface area contributed by atoms with Crippen molar-refractivity contribution in [1.82, 2.24) is 0 Å². The van der Waals surface area contributed by atoms with Crippen molar-refractivity contribution in [2.75, 3.05) is 11.2 Å². The Bertz CT molecular complexity index is 743. The quantitative estimate of drug-likeness (QED) is 0.736. The molecular formula is C15H9ClFNO2. The van der Waals surface area contributed by atoms with Gasteiger partial charge in [-0.3, -0.25) is 9.59 Å². The first-order valence-electron chi connectivity index (χ1n) is 5.96. The van der Waals surface area contributed by atoms with Gasteiger partial charge in [0.15, 0.2) is 5.78 Å². The smallest absolute Gasteiger partial charge is 0.239 e. The molecule has 0 aliphatic heterocycles. The van der Waals surface area contributed by atoms with Crippen molar-refractivity contribution in [3.63, 3.8) is 0 Å². The van der Waals surface area contributed by atoms with Crippen LogP contribution in [-0.4, -0.2) is 17.6 Å². The summed E-state index contributed by atoms with van der Waals surface area (Å²) in [7, 11) is 0. The van der Waals surface area contributed by atoms with Crippen molar-refractivity contribution in [3.05, 3.63) is 53.3 Å². The molecule has 0 saturated carbocycles. The number of alkyl halides is 1. The highest BCUT2D eigenvalue weighted by atomic mass is 35.5. The van der Waals surface area contributed by atoms with Crippen LogP contribution in [0.1, 0.15) is 15.9 Å². The van der Waals surface area contributed by atoms with Gasteiger partial charge in [0, 0.05) is 5.56 Å². The molecule has 100 valence electrons. The maximum absolute atomic E-state index is 13.9. The molecule has 0 saturated heterocycles. The van der Waals surface area contributed by atoms with E-state index in [4.69, 9.17) is 11.6 Å². The molecule has 1 aliphatic carbocycles. The first kappa shape index (κ1) is 12.8. The number of benzene rings is 2. The van der Waals surface area contributed by atoms with Gasteiger partial charge >= 0.3 is 0 Å². The van der Waals surface area contributed by atoms with E-state index in [2.05, 4.69) is 5.32 Å². The van der Waals surface area contributed by atoms with Crippen molar-refractivity contribution < 1.29 is 14.0 Å². The van der Waals surface area contributed by atoms with Crippen molar-refractivity contribution in [1.29, 1.82) is 0 Å². The SMILES string of the molecule is O=C(CCl)Nc1c(F)ccc2c1C(=O)c1ccccc1-2. The third kappa shape index (κ3) is 1.80. The molecule has 0 atom stereocenters. The van der Waals surface area contributed by atoms with E-state index in [1.165, 1.54) is 6.07 Å². The van der Waals surface area contributed by atoms with Crippen molar-refractivity contribution >= 4 is 29.0 Å². The molecule has 20 heavy (non-hydrogen) atoms. The second kappa shape index (κ2) is 4.72. The molecule has 5 heteroatoms. The number of carbonyl (C=O) groups is 2. The lowest BCUT2D eigenvalue weighted by atomic mass is 10.0. The summed E-state index contributed by atoms with van der Waals surface area (Å²) in [4.78, 5) is 23.8. The maximum atomic E-state index is 13.9. The standard InChI is InChI=1S/C15H9ClFNO2/c16-7-12(19)18-14-11(17)6-5-9-8-3-1-2-4-10(8)15(20)13(9)14/h1-6H,7H2,(H,18,19). The van der Waals surface area contributed by atoms with Crippen LogP contribution in [0, 0.1) is 5.82 Å². The molecule has 2 aromatic rings. The minimum Gasteiger partial charge on any atom is -0.322 e. The molecular weight excluding hydrogens is 281 g/mol. The molecule has 0 fully saturated rings. The molecule has 0 spiro atoms. The lowest BCUT2D eigenvalue weighted by molar-refractivity contribution is -0.113. The Balaban J connectivity index is 2.22.